The molecule has 0 aromatic heterocycles. The number of benzene rings is 1. The topological polar surface area (TPSA) is 72.2 Å². The second kappa shape index (κ2) is 5.50. The van der Waals surface area contributed by atoms with Gasteiger partial charge in [-0.25, -0.2) is 0 Å². The normalized spacial score (nSPS) is 12.1. The Hall–Kier alpha value is -1.36. The van der Waals surface area contributed by atoms with Crippen LogP contribution in [0.5, 0.6) is 0 Å². The first kappa shape index (κ1) is 11.7. The summed E-state index contributed by atoms with van der Waals surface area (Å²) in [5.41, 5.74) is 6.86. The van der Waals surface area contributed by atoms with E-state index in [9.17, 15) is 9.00 Å². The van der Waals surface area contributed by atoms with E-state index in [1.165, 1.54) is 0 Å². The van der Waals surface area contributed by atoms with E-state index in [-0.39, 0.29) is 12.3 Å². The molecule has 0 radical (unpaired) electrons. The molecule has 5 heteroatoms. The van der Waals surface area contributed by atoms with Crippen molar-refractivity contribution in [3.63, 3.8) is 0 Å². The molecule has 0 aliphatic carbocycles. The summed E-state index contributed by atoms with van der Waals surface area (Å²) in [6.07, 6.45) is 1.85. The predicted octanol–water partition coefficient (Wildman–Crippen LogP) is 0.976. The Labute approximate surface area is 91.3 Å². The molecule has 0 saturated heterocycles. The predicted molar refractivity (Wildman–Crippen MR) is 63.0 cm³/mol. The van der Waals surface area contributed by atoms with Crippen LogP contribution in [0.25, 0.3) is 0 Å². The lowest BCUT2D eigenvalue weighted by Crippen LogP contribution is -2.14. The van der Waals surface area contributed by atoms with Crippen molar-refractivity contribution in [3.8, 4) is 0 Å². The van der Waals surface area contributed by atoms with Crippen LogP contribution in [-0.2, 0) is 15.6 Å². The van der Waals surface area contributed by atoms with Gasteiger partial charge in [-0.05, 0) is 24.3 Å². The molecule has 82 valence electrons. The summed E-state index contributed by atoms with van der Waals surface area (Å²) in [7, 11) is -0.929. The van der Waals surface area contributed by atoms with Gasteiger partial charge in [0.1, 0.15) is 0 Å². The van der Waals surface area contributed by atoms with Gasteiger partial charge in [0, 0.05) is 40.6 Å². The number of carbonyl (C=O) groups is 1. The largest absolute Gasteiger partial charge is 0.399 e. The van der Waals surface area contributed by atoms with Gasteiger partial charge in [0.25, 0.3) is 0 Å². The Kier molecular flexibility index (Phi) is 4.30. The number of nitrogens with two attached hydrogens (primary N) is 1. The van der Waals surface area contributed by atoms with Gasteiger partial charge in [-0.1, -0.05) is 0 Å². The number of rotatable bonds is 4. The highest BCUT2D eigenvalue weighted by Gasteiger charge is 2.02. The van der Waals surface area contributed by atoms with Crippen LogP contribution < -0.4 is 11.1 Å². The Morgan fingerprint density at radius 2 is 2.00 bits per heavy atom. The molecule has 15 heavy (non-hydrogen) atoms. The van der Waals surface area contributed by atoms with E-state index >= 15 is 0 Å². The lowest BCUT2D eigenvalue weighted by atomic mass is 10.3. The average Bonchev–Trinajstić information content (AvgIpc) is 2.19. The smallest absolute Gasteiger partial charge is 0.225 e. The van der Waals surface area contributed by atoms with Gasteiger partial charge in [0.2, 0.25) is 5.91 Å². The number of hydrogen-bond acceptors (Lipinski definition) is 3. The molecule has 0 aliphatic rings. The third-order valence-electron chi connectivity index (χ3n) is 1.81. The number of nitrogen functional groups attached to an aromatic ring is 1. The van der Waals surface area contributed by atoms with Crippen molar-refractivity contribution in [2.45, 2.75) is 6.42 Å². The van der Waals surface area contributed by atoms with Crippen molar-refractivity contribution in [2.24, 2.45) is 0 Å². The molecule has 0 heterocycles. The Morgan fingerprint density at radius 1 is 1.40 bits per heavy atom. The van der Waals surface area contributed by atoms with Crippen LogP contribution in [0, 0.1) is 0 Å². The van der Waals surface area contributed by atoms with Crippen molar-refractivity contribution in [1.82, 2.24) is 0 Å². The van der Waals surface area contributed by atoms with Gasteiger partial charge in [-0.15, -0.1) is 0 Å². The lowest BCUT2D eigenvalue weighted by Gasteiger charge is -2.04. The van der Waals surface area contributed by atoms with Crippen molar-refractivity contribution in [2.75, 3.05) is 23.1 Å². The highest BCUT2D eigenvalue weighted by molar-refractivity contribution is 7.84. The van der Waals surface area contributed by atoms with E-state index in [4.69, 9.17) is 5.73 Å². The molecule has 4 nitrogen and oxygen atoms in total. The molecule has 0 bridgehead atoms. The van der Waals surface area contributed by atoms with E-state index in [0.717, 1.165) is 0 Å². The Morgan fingerprint density at radius 3 is 2.53 bits per heavy atom. The molecular weight excluding hydrogens is 212 g/mol. The van der Waals surface area contributed by atoms with Gasteiger partial charge in [-0.3, -0.25) is 9.00 Å². The quantitative estimate of drug-likeness (QED) is 0.752. The highest BCUT2D eigenvalue weighted by atomic mass is 32.2. The third kappa shape index (κ3) is 4.60. The molecule has 1 aromatic rings. The Bertz CT molecular complexity index is 362. The average molecular weight is 226 g/mol. The van der Waals surface area contributed by atoms with Crippen LogP contribution in [0.3, 0.4) is 0 Å². The van der Waals surface area contributed by atoms with Crippen molar-refractivity contribution in [1.29, 1.82) is 0 Å². The number of anilines is 2. The molecular formula is C10H14N2O2S. The van der Waals surface area contributed by atoms with Gasteiger partial charge in [0.15, 0.2) is 0 Å². The minimum Gasteiger partial charge on any atom is -0.399 e. The summed E-state index contributed by atoms with van der Waals surface area (Å²) >= 11 is 0. The zero-order valence-electron chi connectivity index (χ0n) is 8.53. The van der Waals surface area contributed by atoms with Crippen LogP contribution in [0.1, 0.15) is 6.42 Å². The summed E-state index contributed by atoms with van der Waals surface area (Å²) in [4.78, 5) is 11.3. The lowest BCUT2D eigenvalue weighted by molar-refractivity contribution is -0.115. The van der Waals surface area contributed by atoms with E-state index < -0.39 is 10.8 Å². The van der Waals surface area contributed by atoms with Crippen LogP contribution in [0.4, 0.5) is 11.4 Å². The fraction of sp³-hybridized carbons (Fsp3) is 0.300. The maximum absolute atomic E-state index is 11.3. The number of hydrogen-bond donors (Lipinski definition) is 2. The molecule has 1 unspecified atom stereocenters. The van der Waals surface area contributed by atoms with Gasteiger partial charge in [0.05, 0.1) is 0 Å². The summed E-state index contributed by atoms with van der Waals surface area (Å²) < 4.78 is 10.8. The SMILES string of the molecule is CS(=O)CCC(=O)Nc1ccc(N)cc1. The van der Waals surface area contributed by atoms with Crippen molar-refractivity contribution >= 4 is 28.1 Å². The standard InChI is InChI=1S/C10H14N2O2S/c1-15(14)7-6-10(13)12-9-4-2-8(11)3-5-9/h2-5H,6-7,11H2,1H3,(H,12,13). The van der Waals surface area contributed by atoms with Crippen molar-refractivity contribution < 1.29 is 9.00 Å². The van der Waals surface area contributed by atoms with Gasteiger partial charge < -0.3 is 11.1 Å². The summed E-state index contributed by atoms with van der Waals surface area (Å²) in [5.74, 6) is 0.260. The van der Waals surface area contributed by atoms with E-state index in [2.05, 4.69) is 5.32 Å². The minimum atomic E-state index is -0.929. The zero-order chi connectivity index (χ0) is 11.3. The van der Waals surface area contributed by atoms with Crippen molar-refractivity contribution in [3.05, 3.63) is 24.3 Å². The molecule has 1 rings (SSSR count). The van der Waals surface area contributed by atoms with E-state index in [0.29, 0.717) is 17.1 Å². The molecule has 1 atom stereocenters. The molecule has 0 aliphatic heterocycles. The summed E-state index contributed by atoms with van der Waals surface area (Å²) in [6.45, 7) is 0. The molecule has 0 saturated carbocycles. The van der Waals surface area contributed by atoms with Gasteiger partial charge >= 0.3 is 0 Å². The van der Waals surface area contributed by atoms with Crippen LogP contribution >= 0.6 is 0 Å². The number of amides is 1. The monoisotopic (exact) mass is 226 g/mol. The molecule has 0 spiro atoms. The number of carbonyl (C=O) groups excluding carboxylic acids is 1. The maximum Gasteiger partial charge on any atom is 0.225 e. The van der Waals surface area contributed by atoms with E-state index in [1.807, 2.05) is 0 Å². The van der Waals surface area contributed by atoms with Crippen LogP contribution in [-0.4, -0.2) is 22.1 Å². The second-order valence-corrected chi connectivity index (χ2v) is 4.75. The minimum absolute atomic E-state index is 0.130. The van der Waals surface area contributed by atoms with Gasteiger partial charge in [-0.2, -0.15) is 0 Å². The highest BCUT2D eigenvalue weighted by Crippen LogP contribution is 2.10. The fourth-order valence-corrected chi connectivity index (χ4v) is 1.50. The zero-order valence-corrected chi connectivity index (χ0v) is 9.34. The summed E-state index contributed by atoms with van der Waals surface area (Å²) in [5, 5.41) is 2.70. The first-order valence-electron chi connectivity index (χ1n) is 4.53. The Balaban J connectivity index is 2.44. The molecule has 0 fully saturated rings. The number of nitrogens with one attached hydrogen (secondary N) is 1. The first-order chi connectivity index (χ1) is 7.08. The van der Waals surface area contributed by atoms with Crippen LogP contribution in [0.15, 0.2) is 24.3 Å². The molecule has 3 N–H and O–H groups in total. The van der Waals surface area contributed by atoms with Crippen LogP contribution in [0.2, 0.25) is 0 Å². The summed E-state index contributed by atoms with van der Waals surface area (Å²) in [6, 6.07) is 6.90. The molecule has 1 aromatic carbocycles. The second-order valence-electron chi connectivity index (χ2n) is 3.20. The third-order valence-corrected chi connectivity index (χ3v) is 2.59. The van der Waals surface area contributed by atoms with E-state index in [1.54, 1.807) is 30.5 Å². The fourth-order valence-electron chi connectivity index (χ4n) is 1.03. The maximum atomic E-state index is 11.3. The first-order valence-corrected chi connectivity index (χ1v) is 6.26. The molecule has 1 amide bonds.